The van der Waals surface area contributed by atoms with Crippen LogP contribution in [-0.2, 0) is 29.8 Å². The van der Waals surface area contributed by atoms with E-state index in [1.54, 1.807) is 29.6 Å². The number of rotatable bonds is 7. The Morgan fingerprint density at radius 1 is 1.18 bits per heavy atom. The number of hydrogen-bond acceptors (Lipinski definition) is 6. The van der Waals surface area contributed by atoms with Gasteiger partial charge in [-0.3, -0.25) is 9.52 Å². The highest BCUT2D eigenvalue weighted by atomic mass is 32.2. The number of hydrogen-bond donors (Lipinski definition) is 3. The summed E-state index contributed by atoms with van der Waals surface area (Å²) in [4.78, 5) is 21.6. The SMILES string of the molecule is O=C(NCC1CCCO1)C1(c2ccc(NS(=O)(=O)c3cccs3)cc2)CC1.O=C(O)C(F)(F)F. The molecular formula is C21H23F3N2O6S2. The lowest BCUT2D eigenvalue weighted by atomic mass is 9.94. The first-order valence-electron chi connectivity index (χ1n) is 10.3. The first kappa shape index (κ1) is 26.0. The van der Waals surface area contributed by atoms with Crippen LogP contribution < -0.4 is 10.0 Å². The molecule has 0 radical (unpaired) electrons. The van der Waals surface area contributed by atoms with Crippen molar-refractivity contribution in [1.82, 2.24) is 5.32 Å². The molecule has 1 saturated carbocycles. The van der Waals surface area contributed by atoms with Gasteiger partial charge in [-0.15, -0.1) is 11.3 Å². The summed E-state index contributed by atoms with van der Waals surface area (Å²) in [6.07, 6.45) is -1.30. The largest absolute Gasteiger partial charge is 0.490 e. The minimum atomic E-state index is -5.08. The standard InChI is InChI=1S/C19H22N2O4S2.C2HF3O2/c22-18(20-13-16-3-1-11-25-16)19(9-10-19)14-5-7-15(8-6-14)21-27(23,24)17-4-2-12-26-17;3-2(4,5)1(6)7/h2,4-8,12,16,21H,1,3,9-11,13H2,(H,20,22);(H,6,7). The van der Waals surface area contributed by atoms with Crippen LogP contribution in [0.25, 0.3) is 0 Å². The normalized spacial score (nSPS) is 19.0. The first-order valence-corrected chi connectivity index (χ1v) is 12.7. The number of sulfonamides is 1. The molecule has 186 valence electrons. The number of anilines is 1. The zero-order chi connectivity index (χ0) is 25.0. The average molecular weight is 521 g/mol. The number of carbonyl (C=O) groups is 2. The Labute approximate surface area is 198 Å². The molecule has 2 fully saturated rings. The summed E-state index contributed by atoms with van der Waals surface area (Å²) in [5.41, 5.74) is 0.929. The van der Waals surface area contributed by atoms with Crippen molar-refractivity contribution in [2.75, 3.05) is 17.9 Å². The lowest BCUT2D eigenvalue weighted by Crippen LogP contribution is -2.39. The smallest absolute Gasteiger partial charge is 0.475 e. The van der Waals surface area contributed by atoms with E-state index in [1.807, 2.05) is 12.1 Å². The van der Waals surface area contributed by atoms with E-state index in [9.17, 15) is 26.4 Å². The van der Waals surface area contributed by atoms with Gasteiger partial charge in [0.1, 0.15) is 4.21 Å². The second-order valence-corrected chi connectivity index (χ2v) is 10.7. The molecule has 8 nitrogen and oxygen atoms in total. The molecule has 2 aromatic rings. The van der Waals surface area contributed by atoms with E-state index in [-0.39, 0.29) is 16.2 Å². The van der Waals surface area contributed by atoms with E-state index in [2.05, 4.69) is 10.0 Å². The van der Waals surface area contributed by atoms with Gasteiger partial charge in [0.15, 0.2) is 0 Å². The van der Waals surface area contributed by atoms with E-state index in [0.717, 1.165) is 37.9 Å². The number of carboxylic acid groups (broad SMARTS) is 1. The van der Waals surface area contributed by atoms with Gasteiger partial charge in [-0.1, -0.05) is 18.2 Å². The van der Waals surface area contributed by atoms with Crippen molar-refractivity contribution < 1.29 is 41.0 Å². The van der Waals surface area contributed by atoms with Crippen molar-refractivity contribution >= 4 is 38.9 Å². The van der Waals surface area contributed by atoms with E-state index in [4.69, 9.17) is 14.6 Å². The molecule has 34 heavy (non-hydrogen) atoms. The monoisotopic (exact) mass is 520 g/mol. The maximum atomic E-state index is 12.7. The molecule has 1 aliphatic carbocycles. The minimum Gasteiger partial charge on any atom is -0.475 e. The molecule has 0 spiro atoms. The molecule has 1 unspecified atom stereocenters. The van der Waals surface area contributed by atoms with Crippen molar-refractivity contribution in [3.63, 3.8) is 0 Å². The highest BCUT2D eigenvalue weighted by Gasteiger charge is 2.51. The van der Waals surface area contributed by atoms with Gasteiger partial charge in [0.25, 0.3) is 10.0 Å². The van der Waals surface area contributed by atoms with E-state index in [1.165, 1.54) is 11.3 Å². The molecule has 1 saturated heterocycles. The van der Waals surface area contributed by atoms with E-state index < -0.39 is 27.6 Å². The Hall–Kier alpha value is -2.64. The summed E-state index contributed by atoms with van der Waals surface area (Å²) >= 11 is 1.17. The number of alkyl halides is 3. The van der Waals surface area contributed by atoms with Gasteiger partial charge in [-0.25, -0.2) is 13.2 Å². The number of ether oxygens (including phenoxy) is 1. The van der Waals surface area contributed by atoms with Crippen LogP contribution in [0.2, 0.25) is 0 Å². The van der Waals surface area contributed by atoms with E-state index in [0.29, 0.717) is 12.2 Å². The van der Waals surface area contributed by atoms with Crippen molar-refractivity contribution in [1.29, 1.82) is 0 Å². The van der Waals surface area contributed by atoms with Crippen LogP contribution in [0.1, 0.15) is 31.2 Å². The number of benzene rings is 1. The molecular weight excluding hydrogens is 497 g/mol. The van der Waals surface area contributed by atoms with Gasteiger partial charge >= 0.3 is 12.1 Å². The molecule has 1 aliphatic heterocycles. The fourth-order valence-electron chi connectivity index (χ4n) is 3.43. The molecule has 4 rings (SSSR count). The van der Waals surface area contributed by atoms with E-state index >= 15 is 0 Å². The summed E-state index contributed by atoms with van der Waals surface area (Å²) in [6, 6.07) is 10.4. The van der Waals surface area contributed by atoms with Crippen LogP contribution in [0.15, 0.2) is 46.0 Å². The lowest BCUT2D eigenvalue weighted by Gasteiger charge is -2.18. The summed E-state index contributed by atoms with van der Waals surface area (Å²) in [5, 5.41) is 11.9. The Morgan fingerprint density at radius 3 is 2.29 bits per heavy atom. The number of thiophene rings is 1. The van der Waals surface area contributed by atoms with Crippen LogP contribution in [0.3, 0.4) is 0 Å². The zero-order valence-corrected chi connectivity index (χ0v) is 19.4. The Bertz CT molecular complexity index is 1090. The second kappa shape index (κ2) is 10.3. The molecule has 3 N–H and O–H groups in total. The van der Waals surface area contributed by atoms with Gasteiger partial charge in [-0.2, -0.15) is 13.2 Å². The highest BCUT2D eigenvalue weighted by molar-refractivity contribution is 7.94. The fraction of sp³-hybridized carbons (Fsp3) is 0.429. The Balaban J connectivity index is 0.000000406. The molecule has 13 heteroatoms. The number of amides is 1. The van der Waals surface area contributed by atoms with Gasteiger partial charge < -0.3 is 15.2 Å². The van der Waals surface area contributed by atoms with Crippen molar-refractivity contribution in [3.05, 3.63) is 47.3 Å². The van der Waals surface area contributed by atoms with Gasteiger partial charge in [0, 0.05) is 18.8 Å². The molecule has 2 aliphatic rings. The van der Waals surface area contributed by atoms with Crippen molar-refractivity contribution in [3.8, 4) is 0 Å². The lowest BCUT2D eigenvalue weighted by molar-refractivity contribution is -0.192. The van der Waals surface area contributed by atoms with Crippen LogP contribution in [0.4, 0.5) is 18.9 Å². The maximum Gasteiger partial charge on any atom is 0.490 e. The fourth-order valence-corrected chi connectivity index (χ4v) is 5.48. The maximum absolute atomic E-state index is 12.7. The average Bonchev–Trinajstić information content (AvgIpc) is 3.17. The molecule has 1 aromatic heterocycles. The third-order valence-corrected chi connectivity index (χ3v) is 8.17. The molecule has 2 heterocycles. The third kappa shape index (κ3) is 6.48. The number of aliphatic carboxylic acids is 1. The van der Waals surface area contributed by atoms with Crippen LogP contribution in [0, 0.1) is 0 Å². The minimum absolute atomic E-state index is 0.0323. The summed E-state index contributed by atoms with van der Waals surface area (Å²) in [6.45, 7) is 1.33. The topological polar surface area (TPSA) is 122 Å². The molecule has 0 bridgehead atoms. The second-order valence-electron chi connectivity index (χ2n) is 7.85. The van der Waals surface area contributed by atoms with Gasteiger partial charge in [0.05, 0.1) is 11.5 Å². The van der Waals surface area contributed by atoms with Crippen molar-refractivity contribution in [2.24, 2.45) is 0 Å². The molecule has 1 amide bonds. The molecule has 1 atom stereocenters. The van der Waals surface area contributed by atoms with Crippen LogP contribution >= 0.6 is 11.3 Å². The van der Waals surface area contributed by atoms with Gasteiger partial charge in [-0.05, 0) is 54.8 Å². The summed E-state index contributed by atoms with van der Waals surface area (Å²) in [7, 11) is -3.56. The van der Waals surface area contributed by atoms with Crippen LogP contribution in [0.5, 0.6) is 0 Å². The zero-order valence-electron chi connectivity index (χ0n) is 17.8. The van der Waals surface area contributed by atoms with Gasteiger partial charge in [0.2, 0.25) is 5.91 Å². The third-order valence-electron chi connectivity index (χ3n) is 5.39. The Morgan fingerprint density at radius 2 is 1.82 bits per heavy atom. The number of carbonyl (C=O) groups excluding carboxylic acids is 1. The predicted molar refractivity (Wildman–Crippen MR) is 118 cm³/mol. The quantitative estimate of drug-likeness (QED) is 0.514. The van der Waals surface area contributed by atoms with Crippen molar-refractivity contribution in [2.45, 2.75) is 47.6 Å². The number of carboxylic acids is 1. The predicted octanol–water partition coefficient (Wildman–Crippen LogP) is 3.51. The van der Waals surface area contributed by atoms with Crippen LogP contribution in [-0.4, -0.2) is 50.8 Å². The first-order chi connectivity index (χ1) is 15.9. The Kier molecular flexibility index (Phi) is 7.88. The number of nitrogens with one attached hydrogen (secondary N) is 2. The highest BCUT2D eigenvalue weighted by Crippen LogP contribution is 2.48. The number of halogens is 3. The summed E-state index contributed by atoms with van der Waals surface area (Å²) in [5.74, 6) is -2.72. The molecule has 1 aromatic carbocycles. The summed E-state index contributed by atoms with van der Waals surface area (Å²) < 4.78 is 64.7.